The Labute approximate surface area is 172 Å². The van der Waals surface area contributed by atoms with E-state index in [0.717, 1.165) is 16.7 Å². The molecule has 0 atom stereocenters. The summed E-state index contributed by atoms with van der Waals surface area (Å²) in [5.74, 6) is 0.320. The molecule has 0 saturated heterocycles. The Kier molecular flexibility index (Phi) is 6.34. The molecule has 0 fully saturated rings. The van der Waals surface area contributed by atoms with Gasteiger partial charge in [-0.1, -0.05) is 17.3 Å². The van der Waals surface area contributed by atoms with Crippen LogP contribution in [0.5, 0.6) is 11.5 Å². The van der Waals surface area contributed by atoms with Gasteiger partial charge in [0.2, 0.25) is 0 Å². The van der Waals surface area contributed by atoms with Crippen LogP contribution >= 0.6 is 0 Å². The van der Waals surface area contributed by atoms with Crippen LogP contribution in [-0.4, -0.2) is 17.7 Å². The molecule has 1 heterocycles. The number of hydrogen-bond donors (Lipinski definition) is 1. The molecule has 0 radical (unpaired) electrons. The summed E-state index contributed by atoms with van der Waals surface area (Å²) in [7, 11) is 0. The van der Waals surface area contributed by atoms with Crippen LogP contribution in [0.2, 0.25) is 0 Å². The minimum Gasteiger partial charge on any atom is -0.489 e. The van der Waals surface area contributed by atoms with Crippen molar-refractivity contribution in [3.63, 3.8) is 0 Å². The molecule has 0 unspecified atom stereocenters. The normalized spacial score (nSPS) is 10.9. The van der Waals surface area contributed by atoms with E-state index in [-0.39, 0.29) is 23.7 Å². The predicted molar refractivity (Wildman–Crippen MR) is 107 cm³/mol. The van der Waals surface area contributed by atoms with E-state index in [1.54, 1.807) is 19.9 Å². The number of aryl methyl sites for hydroxylation is 4. The van der Waals surface area contributed by atoms with Gasteiger partial charge in [-0.3, -0.25) is 4.79 Å². The molecule has 3 aromatic rings. The number of aromatic nitrogens is 1. The van der Waals surface area contributed by atoms with Gasteiger partial charge in [-0.15, -0.1) is 0 Å². The van der Waals surface area contributed by atoms with Gasteiger partial charge in [-0.2, -0.15) is 8.78 Å². The molecule has 30 heavy (non-hydrogen) atoms. The van der Waals surface area contributed by atoms with Gasteiger partial charge in [0.15, 0.2) is 5.69 Å². The van der Waals surface area contributed by atoms with E-state index in [0.29, 0.717) is 17.1 Å². The summed E-state index contributed by atoms with van der Waals surface area (Å²) in [5, 5.41) is 6.38. The average molecular weight is 416 g/mol. The third-order valence-electron chi connectivity index (χ3n) is 4.66. The lowest BCUT2D eigenvalue weighted by atomic mass is 10.1. The molecule has 1 N–H and O–H groups in total. The second-order valence-corrected chi connectivity index (χ2v) is 6.93. The van der Waals surface area contributed by atoms with E-state index < -0.39 is 12.5 Å². The van der Waals surface area contributed by atoms with Crippen molar-refractivity contribution in [2.24, 2.45) is 0 Å². The molecular weight excluding hydrogens is 394 g/mol. The van der Waals surface area contributed by atoms with Crippen molar-refractivity contribution in [1.29, 1.82) is 0 Å². The molecular formula is C22H22F2N2O4. The number of nitrogens with one attached hydrogen (secondary N) is 1. The first-order chi connectivity index (χ1) is 14.2. The second-order valence-electron chi connectivity index (χ2n) is 6.93. The molecule has 0 bridgehead atoms. The van der Waals surface area contributed by atoms with Crippen LogP contribution in [0, 0.1) is 27.7 Å². The predicted octanol–water partition coefficient (Wildman–Crippen LogP) is 5.34. The first-order valence-electron chi connectivity index (χ1n) is 9.26. The number of nitrogens with zero attached hydrogens (tertiary/aromatic N) is 1. The summed E-state index contributed by atoms with van der Waals surface area (Å²) >= 11 is 0. The van der Waals surface area contributed by atoms with Crippen LogP contribution in [0.4, 0.5) is 14.5 Å². The number of hydrogen-bond acceptors (Lipinski definition) is 5. The maximum Gasteiger partial charge on any atom is 0.387 e. The monoisotopic (exact) mass is 416 g/mol. The molecule has 0 aliphatic carbocycles. The summed E-state index contributed by atoms with van der Waals surface area (Å²) in [4.78, 5) is 12.8. The third kappa shape index (κ3) is 4.94. The molecule has 1 amide bonds. The highest BCUT2D eigenvalue weighted by molar-refractivity contribution is 6.04. The van der Waals surface area contributed by atoms with E-state index >= 15 is 0 Å². The van der Waals surface area contributed by atoms with Gasteiger partial charge in [0.25, 0.3) is 5.91 Å². The Morgan fingerprint density at radius 1 is 1.10 bits per heavy atom. The SMILES string of the molecule is Cc1ccc(OC(F)F)c(NC(=O)c2noc(C)c2COc2ccc(C)c(C)c2)c1. The van der Waals surface area contributed by atoms with Gasteiger partial charge in [0.1, 0.15) is 23.9 Å². The van der Waals surface area contributed by atoms with Crippen molar-refractivity contribution in [1.82, 2.24) is 5.16 Å². The van der Waals surface area contributed by atoms with Crippen molar-refractivity contribution in [3.05, 3.63) is 70.1 Å². The Morgan fingerprint density at radius 2 is 1.87 bits per heavy atom. The van der Waals surface area contributed by atoms with Crippen molar-refractivity contribution in [2.75, 3.05) is 5.32 Å². The lowest BCUT2D eigenvalue weighted by Crippen LogP contribution is -2.17. The number of anilines is 1. The molecule has 6 nitrogen and oxygen atoms in total. The molecule has 0 saturated carbocycles. The minimum atomic E-state index is -3.01. The minimum absolute atomic E-state index is 0.0147. The van der Waals surface area contributed by atoms with E-state index in [1.807, 2.05) is 32.0 Å². The Morgan fingerprint density at radius 3 is 2.57 bits per heavy atom. The fraction of sp³-hybridized carbons (Fsp3) is 0.273. The van der Waals surface area contributed by atoms with Crippen LogP contribution in [-0.2, 0) is 6.61 Å². The zero-order valence-corrected chi connectivity index (χ0v) is 17.1. The van der Waals surface area contributed by atoms with E-state index in [9.17, 15) is 13.6 Å². The first kappa shape index (κ1) is 21.3. The zero-order valence-electron chi connectivity index (χ0n) is 17.1. The summed E-state index contributed by atoms with van der Waals surface area (Å²) in [6.07, 6.45) is 0. The van der Waals surface area contributed by atoms with Crippen molar-refractivity contribution < 1.29 is 27.6 Å². The number of halogens is 2. The number of rotatable bonds is 7. The topological polar surface area (TPSA) is 73.6 Å². The lowest BCUT2D eigenvalue weighted by Gasteiger charge is -2.13. The number of alkyl halides is 2. The summed E-state index contributed by atoms with van der Waals surface area (Å²) in [6, 6.07) is 10.2. The summed E-state index contributed by atoms with van der Waals surface area (Å²) in [5.41, 5.74) is 3.58. The van der Waals surface area contributed by atoms with Crippen molar-refractivity contribution in [3.8, 4) is 11.5 Å². The highest BCUT2D eigenvalue weighted by Gasteiger charge is 2.22. The lowest BCUT2D eigenvalue weighted by molar-refractivity contribution is -0.0493. The smallest absolute Gasteiger partial charge is 0.387 e. The standard InChI is InChI=1S/C22H22F2N2O4/c1-12-5-8-19(29-22(23)24)18(9-12)25-21(27)20-17(15(4)30-26-20)11-28-16-7-6-13(2)14(3)10-16/h5-10,22H,11H2,1-4H3,(H,25,27). The molecule has 0 spiro atoms. The Bertz CT molecular complexity index is 1060. The molecule has 1 aromatic heterocycles. The van der Waals surface area contributed by atoms with Gasteiger partial charge in [-0.25, -0.2) is 0 Å². The van der Waals surface area contributed by atoms with Crippen LogP contribution < -0.4 is 14.8 Å². The highest BCUT2D eigenvalue weighted by atomic mass is 19.3. The molecule has 8 heteroatoms. The van der Waals surface area contributed by atoms with Gasteiger partial charge < -0.3 is 19.3 Å². The number of ether oxygens (including phenoxy) is 2. The third-order valence-corrected chi connectivity index (χ3v) is 4.66. The van der Waals surface area contributed by atoms with E-state index in [1.165, 1.54) is 12.1 Å². The van der Waals surface area contributed by atoms with E-state index in [2.05, 4.69) is 15.2 Å². The summed E-state index contributed by atoms with van der Waals surface area (Å²) in [6.45, 7) is 4.47. The fourth-order valence-corrected chi connectivity index (χ4v) is 2.82. The maximum atomic E-state index is 12.8. The summed E-state index contributed by atoms with van der Waals surface area (Å²) < 4.78 is 40.8. The van der Waals surface area contributed by atoms with Crippen LogP contribution in [0.15, 0.2) is 40.9 Å². The average Bonchev–Trinajstić information content (AvgIpc) is 3.05. The zero-order chi connectivity index (χ0) is 21.8. The Hall–Kier alpha value is -3.42. The molecule has 2 aromatic carbocycles. The van der Waals surface area contributed by atoms with Crippen LogP contribution in [0.1, 0.15) is 38.5 Å². The van der Waals surface area contributed by atoms with E-state index in [4.69, 9.17) is 9.26 Å². The number of amides is 1. The molecule has 0 aliphatic rings. The number of carbonyl (C=O) groups excluding carboxylic acids is 1. The number of benzene rings is 2. The molecule has 3 rings (SSSR count). The van der Waals surface area contributed by atoms with Crippen molar-refractivity contribution >= 4 is 11.6 Å². The molecule has 158 valence electrons. The van der Waals surface area contributed by atoms with Crippen LogP contribution in [0.25, 0.3) is 0 Å². The number of carbonyl (C=O) groups is 1. The molecule has 0 aliphatic heterocycles. The first-order valence-corrected chi connectivity index (χ1v) is 9.26. The quantitative estimate of drug-likeness (QED) is 0.563. The second kappa shape index (κ2) is 8.94. The van der Waals surface area contributed by atoms with Gasteiger partial charge in [0, 0.05) is 0 Å². The van der Waals surface area contributed by atoms with Gasteiger partial charge >= 0.3 is 6.61 Å². The van der Waals surface area contributed by atoms with Crippen LogP contribution in [0.3, 0.4) is 0 Å². The Balaban J connectivity index is 1.79. The largest absolute Gasteiger partial charge is 0.489 e. The fourth-order valence-electron chi connectivity index (χ4n) is 2.82. The van der Waals surface area contributed by atoms with Gasteiger partial charge in [0.05, 0.1) is 11.3 Å². The van der Waals surface area contributed by atoms with Crippen molar-refractivity contribution in [2.45, 2.75) is 40.9 Å². The highest BCUT2D eigenvalue weighted by Crippen LogP contribution is 2.28. The maximum absolute atomic E-state index is 12.8. The van der Waals surface area contributed by atoms with Gasteiger partial charge in [-0.05, 0) is 68.7 Å².